The molecule has 0 aromatic carbocycles. The van der Waals surface area contributed by atoms with E-state index in [0.29, 0.717) is 11.8 Å². The number of primary sulfonamides is 1. The molecule has 1 rings (SSSR count). The quantitative estimate of drug-likeness (QED) is 0.812. The molecule has 0 aliphatic carbocycles. The van der Waals surface area contributed by atoms with Gasteiger partial charge in [0, 0.05) is 0 Å². The maximum Gasteiger partial charge on any atom is 0.209 e. The van der Waals surface area contributed by atoms with Gasteiger partial charge in [-0.1, -0.05) is 13.8 Å². The standard InChI is InChI=1S/C11H24N2O2S/c1-11(2)5-3-7-13(9-6-11)8-4-10-16(12,14)15/h3-10H2,1-2H3,(H2,12,14,15). The Bertz CT molecular complexity index is 312. The van der Waals surface area contributed by atoms with E-state index in [9.17, 15) is 8.42 Å². The van der Waals surface area contributed by atoms with Gasteiger partial charge in [-0.15, -0.1) is 0 Å². The molecule has 0 unspecified atom stereocenters. The highest BCUT2D eigenvalue weighted by atomic mass is 32.2. The van der Waals surface area contributed by atoms with Crippen LogP contribution in [0.1, 0.15) is 39.5 Å². The van der Waals surface area contributed by atoms with Crippen molar-refractivity contribution < 1.29 is 8.42 Å². The van der Waals surface area contributed by atoms with Gasteiger partial charge in [0.2, 0.25) is 10.0 Å². The Hall–Kier alpha value is -0.130. The van der Waals surface area contributed by atoms with Crippen LogP contribution in [-0.2, 0) is 10.0 Å². The second kappa shape index (κ2) is 5.47. The van der Waals surface area contributed by atoms with Gasteiger partial charge in [-0.25, -0.2) is 13.6 Å². The van der Waals surface area contributed by atoms with Gasteiger partial charge in [0.25, 0.3) is 0 Å². The highest BCUT2D eigenvalue weighted by Gasteiger charge is 2.22. The topological polar surface area (TPSA) is 63.4 Å². The lowest BCUT2D eigenvalue weighted by atomic mass is 9.85. The average molecular weight is 248 g/mol. The van der Waals surface area contributed by atoms with Crippen molar-refractivity contribution in [1.29, 1.82) is 0 Å². The van der Waals surface area contributed by atoms with Crippen LogP contribution in [0.25, 0.3) is 0 Å². The number of hydrogen-bond acceptors (Lipinski definition) is 3. The maximum atomic E-state index is 10.8. The molecular formula is C11H24N2O2S. The van der Waals surface area contributed by atoms with Crippen LogP contribution >= 0.6 is 0 Å². The Morgan fingerprint density at radius 3 is 2.56 bits per heavy atom. The molecule has 2 N–H and O–H groups in total. The Labute approximate surface area is 99.2 Å². The van der Waals surface area contributed by atoms with Gasteiger partial charge >= 0.3 is 0 Å². The molecule has 1 saturated heterocycles. The van der Waals surface area contributed by atoms with Gasteiger partial charge in [-0.05, 0) is 50.7 Å². The molecule has 0 aromatic heterocycles. The lowest BCUT2D eigenvalue weighted by Gasteiger charge is -2.23. The molecule has 0 bridgehead atoms. The van der Waals surface area contributed by atoms with E-state index in [1.807, 2.05) is 0 Å². The van der Waals surface area contributed by atoms with Gasteiger partial charge in [0.05, 0.1) is 5.75 Å². The second-order valence-electron chi connectivity index (χ2n) is 5.58. The highest BCUT2D eigenvalue weighted by Crippen LogP contribution is 2.29. The smallest absolute Gasteiger partial charge is 0.209 e. The first kappa shape index (κ1) is 13.9. The first-order valence-electron chi connectivity index (χ1n) is 6.01. The Balaban J connectivity index is 2.28. The van der Waals surface area contributed by atoms with Crippen molar-refractivity contribution >= 4 is 10.0 Å². The fraction of sp³-hybridized carbons (Fsp3) is 1.00. The molecule has 0 saturated carbocycles. The molecule has 1 aliphatic rings. The monoisotopic (exact) mass is 248 g/mol. The normalized spacial score (nSPS) is 22.9. The van der Waals surface area contributed by atoms with Crippen molar-refractivity contribution in [3.63, 3.8) is 0 Å². The van der Waals surface area contributed by atoms with Crippen LogP contribution in [0, 0.1) is 5.41 Å². The minimum absolute atomic E-state index is 0.104. The highest BCUT2D eigenvalue weighted by molar-refractivity contribution is 7.89. The van der Waals surface area contributed by atoms with Crippen molar-refractivity contribution in [2.75, 3.05) is 25.4 Å². The maximum absolute atomic E-state index is 10.8. The molecule has 1 heterocycles. The van der Waals surface area contributed by atoms with E-state index < -0.39 is 10.0 Å². The van der Waals surface area contributed by atoms with Crippen molar-refractivity contribution in [2.24, 2.45) is 10.6 Å². The third kappa shape index (κ3) is 5.82. The van der Waals surface area contributed by atoms with Crippen LogP contribution < -0.4 is 5.14 Å². The molecule has 16 heavy (non-hydrogen) atoms. The second-order valence-corrected chi connectivity index (χ2v) is 7.31. The van der Waals surface area contributed by atoms with Crippen LogP contribution in [0.15, 0.2) is 0 Å². The van der Waals surface area contributed by atoms with Crippen LogP contribution in [0.4, 0.5) is 0 Å². The van der Waals surface area contributed by atoms with Crippen LogP contribution in [-0.4, -0.2) is 38.7 Å². The summed E-state index contributed by atoms with van der Waals surface area (Å²) in [4.78, 5) is 2.36. The average Bonchev–Trinajstić information content (AvgIpc) is 2.26. The third-order valence-electron chi connectivity index (χ3n) is 3.34. The van der Waals surface area contributed by atoms with Crippen molar-refractivity contribution in [1.82, 2.24) is 4.90 Å². The predicted octanol–water partition coefficient (Wildman–Crippen LogP) is 1.18. The first-order valence-corrected chi connectivity index (χ1v) is 7.73. The summed E-state index contributed by atoms with van der Waals surface area (Å²) in [6.07, 6.45) is 4.32. The molecular weight excluding hydrogens is 224 g/mol. The van der Waals surface area contributed by atoms with E-state index in [1.165, 1.54) is 19.3 Å². The summed E-state index contributed by atoms with van der Waals surface area (Å²) in [5.41, 5.74) is 0.439. The molecule has 5 heteroatoms. The Kier molecular flexibility index (Phi) is 4.76. The zero-order chi connectivity index (χ0) is 12.2. The summed E-state index contributed by atoms with van der Waals surface area (Å²) in [7, 11) is -3.28. The molecule has 0 aromatic rings. The predicted molar refractivity (Wildman–Crippen MR) is 66.7 cm³/mol. The van der Waals surface area contributed by atoms with E-state index >= 15 is 0 Å². The molecule has 1 fully saturated rings. The van der Waals surface area contributed by atoms with Crippen LogP contribution in [0.2, 0.25) is 0 Å². The summed E-state index contributed by atoms with van der Waals surface area (Å²) in [6, 6.07) is 0. The summed E-state index contributed by atoms with van der Waals surface area (Å²) < 4.78 is 21.6. The molecule has 0 amide bonds. The summed E-state index contributed by atoms with van der Waals surface area (Å²) in [5.74, 6) is 0.104. The van der Waals surface area contributed by atoms with Gasteiger partial charge in [-0.2, -0.15) is 0 Å². The Morgan fingerprint density at radius 2 is 1.94 bits per heavy atom. The molecule has 0 atom stereocenters. The van der Waals surface area contributed by atoms with Gasteiger partial charge in [-0.3, -0.25) is 0 Å². The van der Waals surface area contributed by atoms with Crippen molar-refractivity contribution in [3.8, 4) is 0 Å². The summed E-state index contributed by atoms with van der Waals surface area (Å²) in [5, 5.41) is 4.98. The zero-order valence-corrected chi connectivity index (χ0v) is 11.2. The van der Waals surface area contributed by atoms with Gasteiger partial charge in [0.1, 0.15) is 0 Å². The Morgan fingerprint density at radius 1 is 1.25 bits per heavy atom. The van der Waals surface area contributed by atoms with Gasteiger partial charge < -0.3 is 4.90 Å². The number of sulfonamides is 1. The fourth-order valence-electron chi connectivity index (χ4n) is 2.19. The third-order valence-corrected chi connectivity index (χ3v) is 4.19. The van der Waals surface area contributed by atoms with Crippen LogP contribution in [0.3, 0.4) is 0 Å². The number of likely N-dealkylation sites (tertiary alicyclic amines) is 1. The van der Waals surface area contributed by atoms with Crippen molar-refractivity contribution in [3.05, 3.63) is 0 Å². The summed E-state index contributed by atoms with van der Waals surface area (Å²) in [6.45, 7) is 7.64. The van der Waals surface area contributed by atoms with E-state index in [4.69, 9.17) is 5.14 Å². The largest absolute Gasteiger partial charge is 0.303 e. The lowest BCUT2D eigenvalue weighted by molar-refractivity contribution is 0.263. The van der Waals surface area contributed by atoms with E-state index in [1.54, 1.807) is 0 Å². The van der Waals surface area contributed by atoms with Crippen LogP contribution in [0.5, 0.6) is 0 Å². The number of nitrogens with zero attached hydrogens (tertiary/aromatic N) is 1. The van der Waals surface area contributed by atoms with E-state index in [2.05, 4.69) is 18.7 Å². The minimum Gasteiger partial charge on any atom is -0.303 e. The van der Waals surface area contributed by atoms with E-state index in [-0.39, 0.29) is 5.75 Å². The number of rotatable bonds is 4. The molecule has 96 valence electrons. The first-order chi connectivity index (χ1) is 7.29. The van der Waals surface area contributed by atoms with Gasteiger partial charge in [0.15, 0.2) is 0 Å². The SMILES string of the molecule is CC1(C)CCCN(CCCS(N)(=O)=O)CC1. The molecule has 4 nitrogen and oxygen atoms in total. The minimum atomic E-state index is -3.28. The fourth-order valence-corrected chi connectivity index (χ4v) is 2.72. The zero-order valence-electron chi connectivity index (χ0n) is 10.4. The number of hydrogen-bond donors (Lipinski definition) is 1. The van der Waals surface area contributed by atoms with E-state index in [0.717, 1.165) is 19.6 Å². The summed E-state index contributed by atoms with van der Waals surface area (Å²) >= 11 is 0. The molecule has 1 aliphatic heterocycles. The molecule has 0 spiro atoms. The molecule has 0 radical (unpaired) electrons. The van der Waals surface area contributed by atoms with Crippen molar-refractivity contribution in [2.45, 2.75) is 39.5 Å². The number of nitrogens with two attached hydrogens (primary N) is 1. The lowest BCUT2D eigenvalue weighted by Crippen LogP contribution is -2.29.